The van der Waals surface area contributed by atoms with Gasteiger partial charge in [0, 0.05) is 18.9 Å². The number of benzene rings is 2. The van der Waals surface area contributed by atoms with E-state index in [2.05, 4.69) is 5.32 Å². The summed E-state index contributed by atoms with van der Waals surface area (Å²) < 4.78 is 5.65. The number of nitrogens with one attached hydrogen (secondary N) is 1. The number of alkyl carbamates (subject to hydrolysis) is 1. The third kappa shape index (κ3) is 7.59. The first-order valence-corrected chi connectivity index (χ1v) is 13.8. The van der Waals surface area contributed by atoms with Gasteiger partial charge in [-0.1, -0.05) is 62.4 Å². The SMILES string of the molecule is CC(C)[C@H](NC(=O)OCC1c2ccccc2-c2ccccc21)C(=O)N(CCCC(=O)O)[C@@H](CCCCN)C(N)=O. The molecule has 0 fully saturated rings. The number of aliphatic carboxylic acids is 1. The average Bonchev–Trinajstić information content (AvgIpc) is 3.24. The predicted molar refractivity (Wildman–Crippen MR) is 151 cm³/mol. The first-order valence-electron chi connectivity index (χ1n) is 13.8. The van der Waals surface area contributed by atoms with E-state index in [9.17, 15) is 19.2 Å². The zero-order chi connectivity index (χ0) is 29.2. The number of hydrogen-bond donors (Lipinski definition) is 4. The Balaban J connectivity index is 1.74. The third-order valence-electron chi connectivity index (χ3n) is 7.26. The zero-order valence-electron chi connectivity index (χ0n) is 23.2. The van der Waals surface area contributed by atoms with Gasteiger partial charge in [-0.15, -0.1) is 0 Å². The van der Waals surface area contributed by atoms with Crippen molar-refractivity contribution in [2.75, 3.05) is 19.7 Å². The van der Waals surface area contributed by atoms with Crippen LogP contribution in [0.1, 0.15) is 63.0 Å². The van der Waals surface area contributed by atoms with E-state index in [4.69, 9.17) is 21.3 Å². The van der Waals surface area contributed by atoms with Crippen LogP contribution in [0.5, 0.6) is 0 Å². The molecule has 1 aliphatic carbocycles. The lowest BCUT2D eigenvalue weighted by molar-refractivity contribution is -0.143. The van der Waals surface area contributed by atoms with Gasteiger partial charge in [0.15, 0.2) is 0 Å². The van der Waals surface area contributed by atoms with Crippen LogP contribution in [0.2, 0.25) is 0 Å². The summed E-state index contributed by atoms with van der Waals surface area (Å²) in [5.41, 5.74) is 15.6. The van der Waals surface area contributed by atoms with Crippen molar-refractivity contribution >= 4 is 23.9 Å². The Labute approximate surface area is 235 Å². The molecule has 0 heterocycles. The molecule has 216 valence electrons. The van der Waals surface area contributed by atoms with Gasteiger partial charge in [-0.2, -0.15) is 0 Å². The second-order valence-electron chi connectivity index (χ2n) is 10.4. The molecule has 0 unspecified atom stereocenters. The molecule has 6 N–H and O–H groups in total. The van der Waals surface area contributed by atoms with Gasteiger partial charge in [0.1, 0.15) is 18.7 Å². The second kappa shape index (κ2) is 14.5. The largest absolute Gasteiger partial charge is 0.481 e. The van der Waals surface area contributed by atoms with Crippen LogP contribution in [-0.2, 0) is 19.1 Å². The highest BCUT2D eigenvalue weighted by Crippen LogP contribution is 2.44. The summed E-state index contributed by atoms with van der Waals surface area (Å²) >= 11 is 0. The smallest absolute Gasteiger partial charge is 0.407 e. The fraction of sp³-hybridized carbons (Fsp3) is 0.467. The second-order valence-corrected chi connectivity index (χ2v) is 10.4. The van der Waals surface area contributed by atoms with Crippen molar-refractivity contribution in [2.45, 2.75) is 64.0 Å². The summed E-state index contributed by atoms with van der Waals surface area (Å²) in [6.07, 6.45) is 0.715. The Hall–Kier alpha value is -3.92. The van der Waals surface area contributed by atoms with Crippen molar-refractivity contribution in [1.29, 1.82) is 0 Å². The summed E-state index contributed by atoms with van der Waals surface area (Å²) in [5, 5.41) is 11.8. The molecule has 2 aromatic carbocycles. The minimum absolute atomic E-state index is 0.0109. The number of primary amides is 1. The van der Waals surface area contributed by atoms with Gasteiger partial charge < -0.3 is 31.5 Å². The molecule has 0 saturated carbocycles. The van der Waals surface area contributed by atoms with Crippen molar-refractivity contribution < 1.29 is 29.0 Å². The minimum atomic E-state index is -1.01. The number of ether oxygens (including phenoxy) is 1. The number of unbranched alkanes of at least 4 members (excludes halogenated alkanes) is 1. The molecule has 1 aliphatic rings. The van der Waals surface area contributed by atoms with E-state index in [1.54, 1.807) is 13.8 Å². The van der Waals surface area contributed by atoms with Crippen molar-refractivity contribution in [2.24, 2.45) is 17.4 Å². The van der Waals surface area contributed by atoms with Gasteiger partial charge in [0.2, 0.25) is 11.8 Å². The summed E-state index contributed by atoms with van der Waals surface area (Å²) in [6.45, 7) is 4.07. The van der Waals surface area contributed by atoms with Crippen LogP contribution in [0.4, 0.5) is 4.79 Å². The highest BCUT2D eigenvalue weighted by Gasteiger charge is 2.35. The molecule has 40 heavy (non-hydrogen) atoms. The number of amides is 3. The van der Waals surface area contributed by atoms with Gasteiger partial charge in [0.05, 0.1) is 0 Å². The number of carboxylic acid groups (broad SMARTS) is 1. The highest BCUT2D eigenvalue weighted by molar-refractivity contribution is 5.91. The monoisotopic (exact) mass is 552 g/mol. The molecule has 0 aliphatic heterocycles. The van der Waals surface area contributed by atoms with Gasteiger partial charge in [-0.3, -0.25) is 14.4 Å². The Morgan fingerprint density at radius 3 is 2.10 bits per heavy atom. The van der Waals surface area contributed by atoms with Gasteiger partial charge in [-0.25, -0.2) is 4.79 Å². The van der Waals surface area contributed by atoms with Gasteiger partial charge in [-0.05, 0) is 60.4 Å². The molecular weight excluding hydrogens is 512 g/mol. The van der Waals surface area contributed by atoms with Crippen LogP contribution in [0.3, 0.4) is 0 Å². The Bertz CT molecular complexity index is 1150. The molecular formula is C30H40N4O6. The fourth-order valence-electron chi connectivity index (χ4n) is 5.21. The summed E-state index contributed by atoms with van der Waals surface area (Å²) in [4.78, 5) is 51.5. The van der Waals surface area contributed by atoms with E-state index in [0.29, 0.717) is 25.8 Å². The third-order valence-corrected chi connectivity index (χ3v) is 7.26. The molecule has 2 aromatic rings. The van der Waals surface area contributed by atoms with E-state index in [1.807, 2.05) is 48.5 Å². The van der Waals surface area contributed by atoms with Crippen molar-refractivity contribution in [3.8, 4) is 11.1 Å². The fourth-order valence-corrected chi connectivity index (χ4v) is 5.21. The van der Waals surface area contributed by atoms with Crippen LogP contribution in [0.25, 0.3) is 11.1 Å². The number of carbonyl (C=O) groups excluding carboxylic acids is 3. The van der Waals surface area contributed by atoms with Crippen molar-refractivity contribution in [3.05, 3.63) is 59.7 Å². The molecule has 0 spiro atoms. The maximum absolute atomic E-state index is 13.7. The first kappa shape index (κ1) is 30.6. The molecule has 0 bridgehead atoms. The number of nitrogens with two attached hydrogens (primary N) is 2. The topological polar surface area (TPSA) is 165 Å². The summed E-state index contributed by atoms with van der Waals surface area (Å²) in [6, 6.07) is 14.0. The van der Waals surface area contributed by atoms with Crippen LogP contribution < -0.4 is 16.8 Å². The Morgan fingerprint density at radius 1 is 0.975 bits per heavy atom. The first-order chi connectivity index (χ1) is 19.1. The number of hydrogen-bond acceptors (Lipinski definition) is 6. The number of nitrogens with zero attached hydrogens (tertiary/aromatic N) is 1. The van der Waals surface area contributed by atoms with Gasteiger partial charge in [0.25, 0.3) is 0 Å². The highest BCUT2D eigenvalue weighted by atomic mass is 16.5. The van der Waals surface area contributed by atoms with E-state index < -0.39 is 36.0 Å². The Kier molecular flexibility index (Phi) is 11.1. The number of rotatable bonds is 15. The van der Waals surface area contributed by atoms with Crippen LogP contribution >= 0.6 is 0 Å². The van der Waals surface area contributed by atoms with E-state index in [0.717, 1.165) is 22.3 Å². The molecule has 3 rings (SSSR count). The molecule has 10 heteroatoms. The van der Waals surface area contributed by atoms with E-state index in [-0.39, 0.29) is 37.8 Å². The molecule has 3 amide bonds. The average molecular weight is 553 g/mol. The van der Waals surface area contributed by atoms with Crippen LogP contribution in [0, 0.1) is 5.92 Å². The maximum atomic E-state index is 13.7. The normalized spacial score (nSPS) is 13.7. The number of carboxylic acids is 1. The predicted octanol–water partition coefficient (Wildman–Crippen LogP) is 3.23. The van der Waals surface area contributed by atoms with E-state index in [1.165, 1.54) is 4.90 Å². The summed E-state index contributed by atoms with van der Waals surface area (Å²) in [7, 11) is 0. The summed E-state index contributed by atoms with van der Waals surface area (Å²) in [5.74, 6) is -2.69. The molecule has 0 saturated heterocycles. The Morgan fingerprint density at radius 2 is 1.57 bits per heavy atom. The van der Waals surface area contributed by atoms with Crippen LogP contribution in [-0.4, -0.2) is 65.7 Å². The van der Waals surface area contributed by atoms with Crippen molar-refractivity contribution in [1.82, 2.24) is 10.2 Å². The van der Waals surface area contributed by atoms with Crippen molar-refractivity contribution in [3.63, 3.8) is 0 Å². The van der Waals surface area contributed by atoms with E-state index >= 15 is 0 Å². The lowest BCUT2D eigenvalue weighted by Crippen LogP contribution is -2.57. The molecule has 2 atom stereocenters. The molecule has 0 radical (unpaired) electrons. The number of carbonyl (C=O) groups is 4. The maximum Gasteiger partial charge on any atom is 0.407 e. The minimum Gasteiger partial charge on any atom is -0.481 e. The lowest BCUT2D eigenvalue weighted by atomic mass is 9.98. The molecule has 0 aromatic heterocycles. The standard InChI is InChI=1S/C30H40N4O6/c1-19(2)27(29(38)34(17-9-15-26(35)36)25(28(32)37)14-7-8-16-31)33-30(39)40-18-24-22-12-5-3-10-20(22)21-11-4-6-13-23(21)24/h3-6,10-13,19,24-25,27H,7-9,14-18,31H2,1-2H3,(H2,32,37)(H,33,39)(H,35,36)/t25-,27-/m0/s1. The zero-order valence-corrected chi connectivity index (χ0v) is 23.2. The van der Waals surface area contributed by atoms with Gasteiger partial charge >= 0.3 is 12.1 Å². The molecule has 10 nitrogen and oxygen atoms in total. The lowest BCUT2D eigenvalue weighted by Gasteiger charge is -2.34. The van der Waals surface area contributed by atoms with Crippen LogP contribution in [0.15, 0.2) is 48.5 Å². The quantitative estimate of drug-likeness (QED) is 0.246. The number of fused-ring (bicyclic) bond motifs is 3.